The zero-order valence-corrected chi connectivity index (χ0v) is 10.5. The predicted molar refractivity (Wildman–Crippen MR) is 65.1 cm³/mol. The van der Waals surface area contributed by atoms with Gasteiger partial charge in [-0.25, -0.2) is 14.0 Å². The maximum atomic E-state index is 13.6. The van der Waals surface area contributed by atoms with Crippen molar-refractivity contribution in [1.82, 2.24) is 4.90 Å². The van der Waals surface area contributed by atoms with E-state index in [9.17, 15) is 14.0 Å². The molecule has 98 valence electrons. The first kappa shape index (κ1) is 14.0. The molecule has 0 aliphatic heterocycles. The molecular weight excluding hydrogens is 239 g/mol. The van der Waals surface area contributed by atoms with E-state index < -0.39 is 11.8 Å². The smallest absolute Gasteiger partial charge is 0.340 e. The Kier molecular flexibility index (Phi) is 4.65. The predicted octanol–water partition coefficient (Wildman–Crippen LogP) is 2.10. The number of halogens is 1. The molecule has 0 spiro atoms. The first-order chi connectivity index (χ1) is 8.49. The number of anilines is 1. The zero-order chi connectivity index (χ0) is 13.7. The van der Waals surface area contributed by atoms with Crippen LogP contribution in [0, 0.1) is 5.82 Å². The molecule has 0 aliphatic carbocycles. The van der Waals surface area contributed by atoms with Gasteiger partial charge in [-0.1, -0.05) is 0 Å². The molecule has 1 N–H and O–H groups in total. The molecular formula is C12H15FN2O3. The molecule has 0 fully saturated rings. The van der Waals surface area contributed by atoms with Crippen LogP contribution in [0.1, 0.15) is 17.3 Å². The number of hydrogen-bond donors (Lipinski definition) is 1. The Balaban J connectivity index is 2.85. The van der Waals surface area contributed by atoms with Crippen LogP contribution in [0.15, 0.2) is 18.2 Å². The van der Waals surface area contributed by atoms with Gasteiger partial charge in [0.15, 0.2) is 0 Å². The number of hydrogen-bond acceptors (Lipinski definition) is 3. The average molecular weight is 254 g/mol. The third-order valence-electron chi connectivity index (χ3n) is 2.45. The molecule has 0 heterocycles. The van der Waals surface area contributed by atoms with Crippen LogP contribution in [0.25, 0.3) is 0 Å². The van der Waals surface area contributed by atoms with E-state index in [0.717, 1.165) is 6.07 Å². The van der Waals surface area contributed by atoms with Gasteiger partial charge in [-0.15, -0.1) is 0 Å². The number of amides is 2. The van der Waals surface area contributed by atoms with Crippen LogP contribution in [-0.4, -0.2) is 37.6 Å². The summed E-state index contributed by atoms with van der Waals surface area (Å²) in [6.07, 6.45) is 0. The summed E-state index contributed by atoms with van der Waals surface area (Å²) in [5.41, 5.74) is 0.116. The number of nitrogens with zero attached hydrogens (tertiary/aromatic N) is 1. The number of esters is 1. The number of carbonyl (C=O) groups is 2. The monoisotopic (exact) mass is 254 g/mol. The first-order valence-corrected chi connectivity index (χ1v) is 5.39. The van der Waals surface area contributed by atoms with E-state index in [2.05, 4.69) is 10.1 Å². The van der Waals surface area contributed by atoms with Crippen LogP contribution in [0.5, 0.6) is 0 Å². The Morgan fingerprint density at radius 2 is 2.11 bits per heavy atom. The van der Waals surface area contributed by atoms with Gasteiger partial charge < -0.3 is 15.0 Å². The minimum atomic E-state index is -0.754. The van der Waals surface area contributed by atoms with Crippen molar-refractivity contribution in [3.05, 3.63) is 29.6 Å². The SMILES string of the molecule is CCN(C)C(=O)Nc1ccc(C(=O)OC)c(F)c1. The quantitative estimate of drug-likeness (QED) is 0.840. The second-order valence-corrected chi connectivity index (χ2v) is 3.63. The topological polar surface area (TPSA) is 58.6 Å². The van der Waals surface area contributed by atoms with Crippen LogP contribution >= 0.6 is 0 Å². The Hall–Kier alpha value is -2.11. The van der Waals surface area contributed by atoms with Crippen LogP contribution in [0.4, 0.5) is 14.9 Å². The van der Waals surface area contributed by atoms with Crippen LogP contribution < -0.4 is 5.32 Å². The zero-order valence-electron chi connectivity index (χ0n) is 10.5. The summed E-state index contributed by atoms with van der Waals surface area (Å²) in [6.45, 7) is 2.36. The Bertz CT molecular complexity index is 463. The lowest BCUT2D eigenvalue weighted by atomic mass is 10.2. The van der Waals surface area contributed by atoms with E-state index in [-0.39, 0.29) is 17.3 Å². The van der Waals surface area contributed by atoms with Crippen LogP contribution in [0.3, 0.4) is 0 Å². The Labute approximate surface area is 105 Å². The highest BCUT2D eigenvalue weighted by Gasteiger charge is 2.13. The van der Waals surface area contributed by atoms with Gasteiger partial charge in [-0.3, -0.25) is 0 Å². The maximum absolute atomic E-state index is 13.6. The molecule has 0 bridgehead atoms. The summed E-state index contributed by atoms with van der Waals surface area (Å²) in [5, 5.41) is 2.51. The highest BCUT2D eigenvalue weighted by molar-refractivity contribution is 5.92. The van der Waals surface area contributed by atoms with Crippen molar-refractivity contribution in [2.45, 2.75) is 6.92 Å². The third kappa shape index (κ3) is 3.19. The molecule has 0 unspecified atom stereocenters. The van der Waals surface area contributed by atoms with E-state index in [0.29, 0.717) is 6.54 Å². The number of ether oxygens (including phenoxy) is 1. The van der Waals surface area contributed by atoms with E-state index >= 15 is 0 Å². The fourth-order valence-electron chi connectivity index (χ4n) is 1.23. The van der Waals surface area contributed by atoms with Gasteiger partial charge in [0.25, 0.3) is 0 Å². The summed E-state index contributed by atoms with van der Waals surface area (Å²) in [4.78, 5) is 24.1. The van der Waals surface area contributed by atoms with Crippen molar-refractivity contribution in [3.8, 4) is 0 Å². The molecule has 0 saturated carbocycles. The second-order valence-electron chi connectivity index (χ2n) is 3.63. The number of methoxy groups -OCH3 is 1. The highest BCUT2D eigenvalue weighted by atomic mass is 19.1. The molecule has 5 nitrogen and oxygen atoms in total. The van der Waals surface area contributed by atoms with Crippen LogP contribution in [0.2, 0.25) is 0 Å². The van der Waals surface area contributed by atoms with Gasteiger partial charge in [0, 0.05) is 19.3 Å². The van der Waals surface area contributed by atoms with Crippen molar-refractivity contribution in [1.29, 1.82) is 0 Å². The molecule has 0 aromatic heterocycles. The summed E-state index contributed by atoms with van der Waals surface area (Å²) < 4.78 is 18.0. The van der Waals surface area contributed by atoms with Crippen LogP contribution in [-0.2, 0) is 4.74 Å². The van der Waals surface area contributed by atoms with Gasteiger partial charge in [0.05, 0.1) is 12.7 Å². The second kappa shape index (κ2) is 6.00. The largest absolute Gasteiger partial charge is 0.465 e. The molecule has 6 heteroatoms. The molecule has 0 atom stereocenters. The molecule has 0 aliphatic rings. The number of benzene rings is 1. The highest BCUT2D eigenvalue weighted by Crippen LogP contribution is 2.15. The fourth-order valence-corrected chi connectivity index (χ4v) is 1.23. The average Bonchev–Trinajstić information content (AvgIpc) is 2.37. The lowest BCUT2D eigenvalue weighted by Gasteiger charge is -2.15. The number of urea groups is 1. The minimum absolute atomic E-state index is 0.167. The van der Waals surface area contributed by atoms with Gasteiger partial charge in [-0.05, 0) is 25.1 Å². The van der Waals surface area contributed by atoms with Crippen molar-refractivity contribution >= 4 is 17.7 Å². The van der Waals surface area contributed by atoms with Gasteiger partial charge in [0.2, 0.25) is 0 Å². The summed E-state index contributed by atoms with van der Waals surface area (Å²) in [5.74, 6) is -1.49. The standard InChI is InChI=1S/C12H15FN2O3/c1-4-15(2)12(17)14-8-5-6-9(10(13)7-8)11(16)18-3/h5-7H,4H2,1-3H3,(H,14,17). The molecule has 0 radical (unpaired) electrons. The maximum Gasteiger partial charge on any atom is 0.340 e. The first-order valence-electron chi connectivity index (χ1n) is 5.39. The molecule has 1 aromatic rings. The summed E-state index contributed by atoms with van der Waals surface area (Å²) in [6, 6.07) is 3.44. The van der Waals surface area contributed by atoms with Gasteiger partial charge in [-0.2, -0.15) is 0 Å². The van der Waals surface area contributed by atoms with E-state index in [4.69, 9.17) is 0 Å². The van der Waals surface area contributed by atoms with Crippen molar-refractivity contribution in [2.75, 3.05) is 26.0 Å². The molecule has 0 saturated heterocycles. The molecule has 18 heavy (non-hydrogen) atoms. The fraction of sp³-hybridized carbons (Fsp3) is 0.333. The number of rotatable bonds is 3. The minimum Gasteiger partial charge on any atom is -0.465 e. The van der Waals surface area contributed by atoms with Crippen molar-refractivity contribution < 1.29 is 18.7 Å². The summed E-state index contributed by atoms with van der Waals surface area (Å²) in [7, 11) is 2.79. The number of nitrogens with one attached hydrogen (secondary N) is 1. The van der Waals surface area contributed by atoms with Crippen molar-refractivity contribution in [3.63, 3.8) is 0 Å². The molecule has 1 rings (SSSR count). The van der Waals surface area contributed by atoms with Gasteiger partial charge in [0.1, 0.15) is 5.82 Å². The molecule has 1 aromatic carbocycles. The lowest BCUT2D eigenvalue weighted by molar-refractivity contribution is 0.0595. The third-order valence-corrected chi connectivity index (χ3v) is 2.45. The lowest BCUT2D eigenvalue weighted by Crippen LogP contribution is -2.31. The Morgan fingerprint density at radius 3 is 2.61 bits per heavy atom. The Morgan fingerprint density at radius 1 is 1.44 bits per heavy atom. The molecule has 2 amide bonds. The van der Waals surface area contributed by atoms with E-state index in [1.54, 1.807) is 7.05 Å². The normalized spacial score (nSPS) is 9.78. The van der Waals surface area contributed by atoms with E-state index in [1.165, 1.54) is 24.1 Å². The van der Waals surface area contributed by atoms with E-state index in [1.807, 2.05) is 6.92 Å². The number of carbonyl (C=O) groups excluding carboxylic acids is 2. The van der Waals surface area contributed by atoms with Gasteiger partial charge >= 0.3 is 12.0 Å². The van der Waals surface area contributed by atoms with Crippen molar-refractivity contribution in [2.24, 2.45) is 0 Å². The summed E-state index contributed by atoms with van der Waals surface area (Å²) >= 11 is 0.